The summed E-state index contributed by atoms with van der Waals surface area (Å²) in [5.41, 5.74) is 1.02. The minimum Gasteiger partial charge on any atom is -0.496 e. The second-order valence-corrected chi connectivity index (χ2v) is 6.05. The molecule has 0 amide bonds. The number of cyclic esters (lactones) is 1. The van der Waals surface area contributed by atoms with E-state index < -0.39 is 10.9 Å². The highest BCUT2D eigenvalue weighted by molar-refractivity contribution is 6.14. The number of nitro groups is 1. The molecule has 0 spiro atoms. The van der Waals surface area contributed by atoms with E-state index in [1.54, 1.807) is 6.08 Å². The van der Waals surface area contributed by atoms with E-state index >= 15 is 0 Å². The summed E-state index contributed by atoms with van der Waals surface area (Å²) in [4.78, 5) is 27.1. The van der Waals surface area contributed by atoms with Gasteiger partial charge in [0.25, 0.3) is 5.69 Å². The molecule has 0 fully saturated rings. The minimum absolute atomic E-state index is 0.0305. The van der Waals surface area contributed by atoms with Gasteiger partial charge in [0.2, 0.25) is 5.90 Å². The van der Waals surface area contributed by atoms with Crippen LogP contribution in [0.1, 0.15) is 11.1 Å². The minimum atomic E-state index is -0.628. The molecule has 0 saturated heterocycles. The molecule has 0 atom stereocenters. The van der Waals surface area contributed by atoms with Crippen molar-refractivity contribution in [3.8, 4) is 5.75 Å². The average molecular weight is 374 g/mol. The van der Waals surface area contributed by atoms with Crippen molar-refractivity contribution < 1.29 is 19.2 Å². The predicted octanol–water partition coefficient (Wildman–Crippen LogP) is 4.10. The van der Waals surface area contributed by atoms with Gasteiger partial charge in [0.15, 0.2) is 5.70 Å². The molecule has 1 aliphatic rings. The highest BCUT2D eigenvalue weighted by Crippen LogP contribution is 2.29. The molecule has 3 aromatic carbocycles. The highest BCUT2D eigenvalue weighted by atomic mass is 16.6. The van der Waals surface area contributed by atoms with E-state index in [0.717, 1.165) is 16.3 Å². The summed E-state index contributed by atoms with van der Waals surface area (Å²) in [6.07, 6.45) is 1.64. The number of methoxy groups -OCH3 is 1. The normalized spacial score (nSPS) is 14.8. The first kappa shape index (κ1) is 17.4. The molecule has 0 unspecified atom stereocenters. The average Bonchev–Trinajstić information content (AvgIpc) is 3.08. The predicted molar refractivity (Wildman–Crippen MR) is 104 cm³/mol. The number of hydrogen-bond donors (Lipinski definition) is 0. The van der Waals surface area contributed by atoms with Crippen LogP contribution in [0.4, 0.5) is 5.69 Å². The first-order valence-electron chi connectivity index (χ1n) is 8.40. The number of fused-ring (bicyclic) bond motifs is 1. The fourth-order valence-corrected chi connectivity index (χ4v) is 3.02. The van der Waals surface area contributed by atoms with Crippen LogP contribution in [0.15, 0.2) is 71.4 Å². The van der Waals surface area contributed by atoms with Crippen molar-refractivity contribution in [1.29, 1.82) is 0 Å². The smallest absolute Gasteiger partial charge is 0.363 e. The third-order valence-electron chi connectivity index (χ3n) is 4.36. The molecule has 0 aliphatic carbocycles. The Hall–Kier alpha value is -4.00. The van der Waals surface area contributed by atoms with E-state index in [9.17, 15) is 14.9 Å². The Morgan fingerprint density at radius 3 is 2.68 bits per heavy atom. The molecule has 0 saturated carbocycles. The van der Waals surface area contributed by atoms with Crippen molar-refractivity contribution in [1.82, 2.24) is 0 Å². The molecule has 7 nitrogen and oxygen atoms in total. The second kappa shape index (κ2) is 6.96. The molecule has 4 rings (SSSR count). The summed E-state index contributed by atoms with van der Waals surface area (Å²) in [7, 11) is 1.43. The molecular weight excluding hydrogens is 360 g/mol. The lowest BCUT2D eigenvalue weighted by molar-refractivity contribution is -0.384. The molecule has 138 valence electrons. The fourth-order valence-electron chi connectivity index (χ4n) is 3.02. The van der Waals surface area contributed by atoms with Crippen LogP contribution in [0.5, 0.6) is 5.75 Å². The number of non-ortho nitro benzene ring substituents is 1. The van der Waals surface area contributed by atoms with Crippen molar-refractivity contribution in [3.05, 3.63) is 87.6 Å². The quantitative estimate of drug-likeness (QED) is 0.297. The zero-order chi connectivity index (χ0) is 19.7. The fraction of sp³-hybridized carbons (Fsp3) is 0.0476. The van der Waals surface area contributed by atoms with Crippen LogP contribution in [0.3, 0.4) is 0 Å². The number of ether oxygens (including phenoxy) is 2. The summed E-state index contributed by atoms with van der Waals surface area (Å²) in [6, 6.07) is 17.6. The number of nitrogens with zero attached hydrogens (tertiary/aromatic N) is 2. The number of benzene rings is 3. The highest BCUT2D eigenvalue weighted by Gasteiger charge is 2.28. The van der Waals surface area contributed by atoms with Gasteiger partial charge in [-0.25, -0.2) is 9.79 Å². The Bertz CT molecular complexity index is 1180. The maximum Gasteiger partial charge on any atom is 0.363 e. The third-order valence-corrected chi connectivity index (χ3v) is 4.36. The number of nitro benzene ring substituents is 1. The van der Waals surface area contributed by atoms with Crippen LogP contribution in [0.2, 0.25) is 0 Å². The monoisotopic (exact) mass is 374 g/mol. The van der Waals surface area contributed by atoms with Gasteiger partial charge < -0.3 is 9.47 Å². The molecule has 3 aromatic rings. The largest absolute Gasteiger partial charge is 0.496 e. The maximum atomic E-state index is 12.3. The van der Waals surface area contributed by atoms with E-state index in [1.165, 1.54) is 25.3 Å². The van der Waals surface area contributed by atoms with E-state index in [1.807, 2.05) is 42.5 Å². The molecule has 0 bridgehead atoms. The Labute approximate surface area is 159 Å². The van der Waals surface area contributed by atoms with Crippen molar-refractivity contribution in [2.24, 2.45) is 4.99 Å². The van der Waals surface area contributed by atoms with Gasteiger partial charge in [-0.05, 0) is 28.5 Å². The molecule has 28 heavy (non-hydrogen) atoms. The van der Waals surface area contributed by atoms with Gasteiger partial charge in [-0.15, -0.1) is 0 Å². The van der Waals surface area contributed by atoms with Gasteiger partial charge in [0.1, 0.15) is 5.75 Å². The molecule has 0 N–H and O–H groups in total. The molecule has 1 aliphatic heterocycles. The number of carbonyl (C=O) groups excluding carboxylic acids is 1. The van der Waals surface area contributed by atoms with E-state index in [2.05, 4.69) is 4.99 Å². The van der Waals surface area contributed by atoms with Crippen LogP contribution in [0.25, 0.3) is 16.8 Å². The Morgan fingerprint density at radius 1 is 1.11 bits per heavy atom. The van der Waals surface area contributed by atoms with Gasteiger partial charge in [0, 0.05) is 12.1 Å². The number of esters is 1. The van der Waals surface area contributed by atoms with Crippen LogP contribution in [-0.4, -0.2) is 23.9 Å². The van der Waals surface area contributed by atoms with Gasteiger partial charge >= 0.3 is 5.97 Å². The zero-order valence-electron chi connectivity index (χ0n) is 14.8. The van der Waals surface area contributed by atoms with Crippen molar-refractivity contribution in [2.45, 2.75) is 0 Å². The Kier molecular flexibility index (Phi) is 4.33. The zero-order valence-corrected chi connectivity index (χ0v) is 14.8. The first-order valence-corrected chi connectivity index (χ1v) is 8.40. The number of rotatable bonds is 4. The SMILES string of the molecule is COc1ccc([N+](=O)[O-])cc1C1=NC(=Cc2cccc3ccccc23)C(=O)O1. The molecular formula is C21H14N2O5. The summed E-state index contributed by atoms with van der Waals surface area (Å²) in [5.74, 6) is -0.336. The molecule has 0 aromatic heterocycles. The third kappa shape index (κ3) is 3.09. The van der Waals surface area contributed by atoms with Crippen LogP contribution in [-0.2, 0) is 9.53 Å². The van der Waals surface area contributed by atoms with Crippen molar-refractivity contribution in [3.63, 3.8) is 0 Å². The standard InChI is InChI=1S/C21H14N2O5/c1-27-19-10-9-15(23(25)26)12-17(19)20-22-18(21(24)28-20)11-14-7-4-6-13-5-2-3-8-16(13)14/h2-12H,1H3. The topological polar surface area (TPSA) is 91.0 Å². The van der Waals surface area contributed by atoms with Gasteiger partial charge in [-0.3, -0.25) is 10.1 Å². The summed E-state index contributed by atoms with van der Waals surface area (Å²) in [5, 5.41) is 13.1. The Morgan fingerprint density at radius 2 is 1.89 bits per heavy atom. The lowest BCUT2D eigenvalue weighted by atomic mass is 10.0. The number of carbonyl (C=O) groups is 1. The van der Waals surface area contributed by atoms with Gasteiger partial charge in [-0.2, -0.15) is 0 Å². The van der Waals surface area contributed by atoms with Gasteiger partial charge in [-0.1, -0.05) is 42.5 Å². The lowest BCUT2D eigenvalue weighted by Gasteiger charge is -2.06. The van der Waals surface area contributed by atoms with Crippen molar-refractivity contribution in [2.75, 3.05) is 7.11 Å². The van der Waals surface area contributed by atoms with Gasteiger partial charge in [0.05, 0.1) is 17.6 Å². The summed E-state index contributed by atoms with van der Waals surface area (Å²) < 4.78 is 10.5. The van der Waals surface area contributed by atoms with Crippen LogP contribution >= 0.6 is 0 Å². The molecule has 1 heterocycles. The second-order valence-electron chi connectivity index (χ2n) is 6.05. The Balaban J connectivity index is 1.80. The summed E-state index contributed by atoms with van der Waals surface area (Å²) >= 11 is 0. The molecule has 7 heteroatoms. The van der Waals surface area contributed by atoms with E-state index in [0.29, 0.717) is 5.75 Å². The van der Waals surface area contributed by atoms with Crippen LogP contribution in [0, 0.1) is 10.1 Å². The summed E-state index contributed by atoms with van der Waals surface area (Å²) in [6.45, 7) is 0. The molecule has 0 radical (unpaired) electrons. The van der Waals surface area contributed by atoms with Crippen molar-refractivity contribution >= 4 is 34.4 Å². The van der Waals surface area contributed by atoms with E-state index in [4.69, 9.17) is 9.47 Å². The maximum absolute atomic E-state index is 12.3. The lowest BCUT2D eigenvalue weighted by Crippen LogP contribution is -2.07. The van der Waals surface area contributed by atoms with E-state index in [-0.39, 0.29) is 22.8 Å². The van der Waals surface area contributed by atoms with Crippen LogP contribution < -0.4 is 4.74 Å². The first-order chi connectivity index (χ1) is 13.6. The number of hydrogen-bond acceptors (Lipinski definition) is 6. The number of aliphatic imine (C=N–C) groups is 1.